The van der Waals surface area contributed by atoms with Crippen molar-refractivity contribution in [1.29, 1.82) is 0 Å². The van der Waals surface area contributed by atoms with Gasteiger partial charge in [0.15, 0.2) is 0 Å². The molecule has 1 saturated carbocycles. The minimum atomic E-state index is -0.00243. The molecule has 1 aliphatic carbocycles. The molecule has 0 aromatic carbocycles. The first kappa shape index (κ1) is 9.97. The summed E-state index contributed by atoms with van der Waals surface area (Å²) in [6.45, 7) is 7.29. The highest BCUT2D eigenvalue weighted by atomic mass is 16.2. The van der Waals surface area contributed by atoms with Gasteiger partial charge in [0, 0.05) is 11.6 Å². The first-order chi connectivity index (χ1) is 6.52. The Morgan fingerprint density at radius 3 is 2.64 bits per heavy atom. The van der Waals surface area contributed by atoms with Crippen molar-refractivity contribution in [3.63, 3.8) is 0 Å². The molecule has 0 spiro atoms. The largest absolute Gasteiger partial charge is 0.333 e. The maximum absolute atomic E-state index is 12.1. The molecule has 14 heavy (non-hydrogen) atoms. The Hall–Kier alpha value is -0.570. The van der Waals surface area contributed by atoms with Crippen LogP contribution in [0, 0.1) is 0 Å². The average molecular weight is 196 g/mol. The van der Waals surface area contributed by atoms with E-state index in [1.54, 1.807) is 0 Å². The lowest BCUT2D eigenvalue weighted by molar-refractivity contribution is -0.137. The minimum Gasteiger partial charge on any atom is -0.333 e. The van der Waals surface area contributed by atoms with Gasteiger partial charge in [-0.2, -0.15) is 0 Å². The maximum Gasteiger partial charge on any atom is 0.240 e. The molecule has 80 valence electrons. The van der Waals surface area contributed by atoms with Crippen LogP contribution in [0.3, 0.4) is 0 Å². The standard InChI is InChI=1S/C11H20N2O/c1-8-10(14)13(9-4-5-9)11(2,3)6-7-12-8/h8-9,12H,4-7H2,1-3H3. The van der Waals surface area contributed by atoms with Gasteiger partial charge in [-0.05, 0) is 46.6 Å². The molecule has 1 aliphatic heterocycles. The highest BCUT2D eigenvalue weighted by molar-refractivity contribution is 5.83. The topological polar surface area (TPSA) is 32.3 Å². The fourth-order valence-electron chi connectivity index (χ4n) is 2.32. The Morgan fingerprint density at radius 2 is 2.07 bits per heavy atom. The molecule has 3 heteroatoms. The number of carbonyl (C=O) groups is 1. The molecule has 0 aromatic rings. The second kappa shape index (κ2) is 3.23. The Bertz CT molecular complexity index is 246. The maximum atomic E-state index is 12.1. The molecule has 2 fully saturated rings. The molecule has 0 bridgehead atoms. The van der Waals surface area contributed by atoms with Crippen molar-refractivity contribution in [1.82, 2.24) is 10.2 Å². The van der Waals surface area contributed by atoms with Crippen LogP contribution in [0.2, 0.25) is 0 Å². The predicted molar refractivity (Wildman–Crippen MR) is 56.0 cm³/mol. The van der Waals surface area contributed by atoms with E-state index in [1.807, 2.05) is 6.92 Å². The van der Waals surface area contributed by atoms with Crippen LogP contribution in [0.1, 0.15) is 40.0 Å². The molecule has 1 unspecified atom stereocenters. The Labute approximate surface area is 85.8 Å². The molecule has 2 aliphatic rings. The molecule has 3 nitrogen and oxygen atoms in total. The van der Waals surface area contributed by atoms with E-state index in [-0.39, 0.29) is 17.5 Å². The average Bonchev–Trinajstić information content (AvgIpc) is 2.86. The molecular weight excluding hydrogens is 176 g/mol. The fourth-order valence-corrected chi connectivity index (χ4v) is 2.32. The number of amides is 1. The zero-order chi connectivity index (χ0) is 10.3. The lowest BCUT2D eigenvalue weighted by atomic mass is 9.98. The van der Waals surface area contributed by atoms with Gasteiger partial charge < -0.3 is 10.2 Å². The van der Waals surface area contributed by atoms with Gasteiger partial charge >= 0.3 is 0 Å². The number of nitrogens with zero attached hydrogens (tertiary/aromatic N) is 1. The molecule has 1 atom stereocenters. The van der Waals surface area contributed by atoms with Crippen LogP contribution < -0.4 is 5.32 Å². The summed E-state index contributed by atoms with van der Waals surface area (Å²) < 4.78 is 0. The monoisotopic (exact) mass is 196 g/mol. The second-order valence-electron chi connectivity index (χ2n) is 5.18. The summed E-state index contributed by atoms with van der Waals surface area (Å²) in [7, 11) is 0. The third-order valence-corrected chi connectivity index (χ3v) is 3.36. The van der Waals surface area contributed by atoms with Gasteiger partial charge in [-0.15, -0.1) is 0 Å². The van der Waals surface area contributed by atoms with Gasteiger partial charge in [0.05, 0.1) is 6.04 Å². The number of nitrogens with one attached hydrogen (secondary N) is 1. The predicted octanol–water partition coefficient (Wildman–Crippen LogP) is 1.14. The van der Waals surface area contributed by atoms with Crippen LogP contribution in [0.5, 0.6) is 0 Å². The number of rotatable bonds is 1. The zero-order valence-corrected chi connectivity index (χ0v) is 9.34. The third kappa shape index (κ3) is 1.65. The number of carbonyl (C=O) groups excluding carboxylic acids is 1. The van der Waals surface area contributed by atoms with E-state index >= 15 is 0 Å². The van der Waals surface area contributed by atoms with Crippen LogP contribution in [0.15, 0.2) is 0 Å². The van der Waals surface area contributed by atoms with Crippen LogP contribution in [-0.2, 0) is 4.79 Å². The van der Waals surface area contributed by atoms with Gasteiger partial charge in [-0.3, -0.25) is 4.79 Å². The van der Waals surface area contributed by atoms with E-state index in [0.29, 0.717) is 6.04 Å². The lowest BCUT2D eigenvalue weighted by Crippen LogP contribution is -2.51. The summed E-state index contributed by atoms with van der Waals surface area (Å²) in [4.78, 5) is 14.2. The van der Waals surface area contributed by atoms with Crippen molar-refractivity contribution < 1.29 is 4.79 Å². The quantitative estimate of drug-likeness (QED) is 0.682. The Kier molecular flexibility index (Phi) is 2.30. The third-order valence-electron chi connectivity index (χ3n) is 3.36. The smallest absolute Gasteiger partial charge is 0.240 e. The van der Waals surface area contributed by atoms with E-state index in [0.717, 1.165) is 13.0 Å². The highest BCUT2D eigenvalue weighted by Gasteiger charge is 2.44. The summed E-state index contributed by atoms with van der Waals surface area (Å²) >= 11 is 0. The molecule has 0 radical (unpaired) electrons. The minimum absolute atomic E-state index is 0.00243. The molecule has 0 aromatic heterocycles. The SMILES string of the molecule is CC1NCCC(C)(C)N(C2CC2)C1=O. The van der Waals surface area contributed by atoms with Crippen molar-refractivity contribution >= 4 is 5.91 Å². The van der Waals surface area contributed by atoms with Gasteiger partial charge in [-0.1, -0.05) is 0 Å². The number of hydrogen-bond acceptors (Lipinski definition) is 2. The van der Waals surface area contributed by atoms with Crippen LogP contribution in [0.25, 0.3) is 0 Å². The fraction of sp³-hybridized carbons (Fsp3) is 0.909. The molecule has 1 saturated heterocycles. The van der Waals surface area contributed by atoms with E-state index in [9.17, 15) is 4.79 Å². The van der Waals surface area contributed by atoms with Crippen LogP contribution >= 0.6 is 0 Å². The van der Waals surface area contributed by atoms with Gasteiger partial charge in [0.2, 0.25) is 5.91 Å². The van der Waals surface area contributed by atoms with Crippen molar-refractivity contribution in [3.8, 4) is 0 Å². The molecule has 1 amide bonds. The number of hydrogen-bond donors (Lipinski definition) is 1. The van der Waals surface area contributed by atoms with E-state index in [1.165, 1.54) is 12.8 Å². The summed E-state index contributed by atoms with van der Waals surface area (Å²) in [6, 6.07) is 0.525. The first-order valence-electron chi connectivity index (χ1n) is 5.59. The van der Waals surface area contributed by atoms with Gasteiger partial charge in [0.25, 0.3) is 0 Å². The summed E-state index contributed by atoms with van der Waals surface area (Å²) in [5.41, 5.74) is 0.0377. The summed E-state index contributed by atoms with van der Waals surface area (Å²) in [5, 5.41) is 3.27. The van der Waals surface area contributed by atoms with Crippen LogP contribution in [-0.4, -0.2) is 35.0 Å². The van der Waals surface area contributed by atoms with E-state index in [4.69, 9.17) is 0 Å². The molecule has 2 rings (SSSR count). The Balaban J connectivity index is 2.22. The van der Waals surface area contributed by atoms with E-state index < -0.39 is 0 Å². The Morgan fingerprint density at radius 1 is 1.43 bits per heavy atom. The van der Waals surface area contributed by atoms with Crippen molar-refractivity contribution in [2.45, 2.75) is 57.7 Å². The van der Waals surface area contributed by atoms with E-state index in [2.05, 4.69) is 24.1 Å². The lowest BCUT2D eigenvalue weighted by Gasteiger charge is -2.38. The van der Waals surface area contributed by atoms with Crippen molar-refractivity contribution in [3.05, 3.63) is 0 Å². The zero-order valence-electron chi connectivity index (χ0n) is 9.34. The van der Waals surface area contributed by atoms with Crippen molar-refractivity contribution in [2.24, 2.45) is 0 Å². The van der Waals surface area contributed by atoms with Gasteiger partial charge in [-0.25, -0.2) is 0 Å². The van der Waals surface area contributed by atoms with Gasteiger partial charge in [0.1, 0.15) is 0 Å². The normalized spacial score (nSPS) is 32.9. The first-order valence-corrected chi connectivity index (χ1v) is 5.59. The summed E-state index contributed by atoms with van der Waals surface area (Å²) in [5.74, 6) is 0.287. The molecule has 1 N–H and O–H groups in total. The van der Waals surface area contributed by atoms with Crippen LogP contribution in [0.4, 0.5) is 0 Å². The second-order valence-corrected chi connectivity index (χ2v) is 5.18. The molecular formula is C11H20N2O. The summed E-state index contributed by atoms with van der Waals surface area (Å²) in [6.07, 6.45) is 3.45. The highest BCUT2D eigenvalue weighted by Crippen LogP contribution is 2.35. The van der Waals surface area contributed by atoms with Crippen molar-refractivity contribution in [2.75, 3.05) is 6.54 Å². The molecule has 1 heterocycles.